The average molecular weight is 459 g/mol. The fourth-order valence-corrected chi connectivity index (χ4v) is 2.90. The van der Waals surface area contributed by atoms with Gasteiger partial charge < -0.3 is 24.3 Å². The number of rotatable bonds is 8. The molecular weight excluding hydrogens is 428 g/mol. The molecule has 0 heterocycles. The second kappa shape index (κ2) is 11.2. The number of carbonyl (C=O) groups is 3. The van der Waals surface area contributed by atoms with E-state index in [4.69, 9.17) is 18.9 Å². The number of hydrogen-bond acceptors (Lipinski definition) is 7. The number of esters is 1. The van der Waals surface area contributed by atoms with Crippen molar-refractivity contribution >= 4 is 23.7 Å². The molecule has 178 valence electrons. The maximum atomic E-state index is 12.4. The Morgan fingerprint density at radius 2 is 1.73 bits per heavy atom. The fourth-order valence-electron chi connectivity index (χ4n) is 2.90. The summed E-state index contributed by atoms with van der Waals surface area (Å²) in [6.07, 6.45) is -0.644. The Morgan fingerprint density at radius 1 is 1.00 bits per heavy atom. The summed E-state index contributed by atoms with van der Waals surface area (Å²) in [7, 11) is 3.08. The van der Waals surface area contributed by atoms with Crippen molar-refractivity contribution in [1.29, 1.82) is 0 Å². The number of carbonyl (C=O) groups excluding carboxylic acids is 3. The second-order valence-corrected chi connectivity index (χ2v) is 8.18. The monoisotopic (exact) mass is 458 g/mol. The SMILES string of the molecule is COc1ccc(OC)c(C(C)NC(=O)COC(=O)c2cccc(NC(=O)OC(C)(C)C)c2)c1. The molecule has 0 saturated carbocycles. The number of ether oxygens (including phenoxy) is 4. The molecule has 9 nitrogen and oxygen atoms in total. The van der Waals surface area contributed by atoms with Gasteiger partial charge in [-0.3, -0.25) is 10.1 Å². The molecule has 9 heteroatoms. The van der Waals surface area contributed by atoms with Gasteiger partial charge in [-0.15, -0.1) is 0 Å². The van der Waals surface area contributed by atoms with Gasteiger partial charge in [0, 0.05) is 11.3 Å². The third kappa shape index (κ3) is 8.03. The predicted octanol–water partition coefficient (Wildman–Crippen LogP) is 4.09. The lowest BCUT2D eigenvalue weighted by Crippen LogP contribution is -2.31. The van der Waals surface area contributed by atoms with E-state index in [9.17, 15) is 14.4 Å². The maximum absolute atomic E-state index is 12.4. The summed E-state index contributed by atoms with van der Waals surface area (Å²) in [4.78, 5) is 36.6. The van der Waals surface area contributed by atoms with Crippen LogP contribution in [0.4, 0.5) is 10.5 Å². The Morgan fingerprint density at radius 3 is 2.36 bits per heavy atom. The van der Waals surface area contributed by atoms with E-state index in [1.54, 1.807) is 65.1 Å². The van der Waals surface area contributed by atoms with Crippen molar-refractivity contribution in [3.05, 3.63) is 53.6 Å². The molecule has 0 spiro atoms. The van der Waals surface area contributed by atoms with Gasteiger partial charge in [0.25, 0.3) is 5.91 Å². The molecule has 33 heavy (non-hydrogen) atoms. The van der Waals surface area contributed by atoms with E-state index in [0.717, 1.165) is 5.56 Å². The highest BCUT2D eigenvalue weighted by Gasteiger charge is 2.18. The van der Waals surface area contributed by atoms with E-state index in [1.807, 2.05) is 0 Å². The van der Waals surface area contributed by atoms with Crippen LogP contribution in [0.1, 0.15) is 49.7 Å². The molecule has 0 radical (unpaired) electrons. The zero-order chi connectivity index (χ0) is 24.6. The number of methoxy groups -OCH3 is 2. The van der Waals surface area contributed by atoms with Crippen LogP contribution < -0.4 is 20.1 Å². The van der Waals surface area contributed by atoms with Crippen LogP contribution in [0.25, 0.3) is 0 Å². The summed E-state index contributed by atoms with van der Waals surface area (Å²) in [6, 6.07) is 11.0. The Bertz CT molecular complexity index is 999. The standard InChI is InChI=1S/C24H30N2O7/c1-15(19-13-18(30-5)10-11-20(19)31-6)25-21(27)14-32-22(28)16-8-7-9-17(12-16)26-23(29)33-24(2,3)4/h7-13,15H,14H2,1-6H3,(H,25,27)(H,26,29). The molecule has 2 N–H and O–H groups in total. The maximum Gasteiger partial charge on any atom is 0.412 e. The van der Waals surface area contributed by atoms with Crippen LogP contribution in [0.15, 0.2) is 42.5 Å². The number of nitrogens with one attached hydrogen (secondary N) is 2. The second-order valence-electron chi connectivity index (χ2n) is 8.18. The smallest absolute Gasteiger partial charge is 0.412 e. The molecule has 0 aliphatic heterocycles. The van der Waals surface area contributed by atoms with E-state index >= 15 is 0 Å². The molecule has 0 aliphatic rings. The van der Waals surface area contributed by atoms with Crippen molar-refractivity contribution < 1.29 is 33.3 Å². The number of benzene rings is 2. The normalized spacial score (nSPS) is 11.7. The first-order chi connectivity index (χ1) is 15.5. The zero-order valence-corrected chi connectivity index (χ0v) is 19.7. The Balaban J connectivity index is 1.94. The van der Waals surface area contributed by atoms with Gasteiger partial charge in [-0.2, -0.15) is 0 Å². The average Bonchev–Trinajstić information content (AvgIpc) is 2.75. The first kappa shape index (κ1) is 25.5. The Labute approximate surface area is 193 Å². The molecule has 0 aromatic heterocycles. The van der Waals surface area contributed by atoms with Crippen molar-refractivity contribution in [3.63, 3.8) is 0 Å². The van der Waals surface area contributed by atoms with Crippen LogP contribution in [-0.2, 0) is 14.3 Å². The lowest BCUT2D eigenvalue weighted by molar-refractivity contribution is -0.124. The minimum atomic E-state index is -0.704. The molecule has 1 atom stereocenters. The minimum Gasteiger partial charge on any atom is -0.497 e. The van der Waals surface area contributed by atoms with Gasteiger partial charge in [-0.1, -0.05) is 6.07 Å². The molecule has 2 rings (SSSR count). The first-order valence-corrected chi connectivity index (χ1v) is 10.3. The van der Waals surface area contributed by atoms with Crippen molar-refractivity contribution in [3.8, 4) is 11.5 Å². The van der Waals surface area contributed by atoms with Gasteiger partial charge in [-0.05, 0) is 64.1 Å². The van der Waals surface area contributed by atoms with E-state index in [0.29, 0.717) is 17.2 Å². The van der Waals surface area contributed by atoms with Gasteiger partial charge in [0.2, 0.25) is 0 Å². The predicted molar refractivity (Wildman–Crippen MR) is 123 cm³/mol. The van der Waals surface area contributed by atoms with Crippen LogP contribution in [-0.4, -0.2) is 44.4 Å². The fraction of sp³-hybridized carbons (Fsp3) is 0.375. The molecule has 2 aromatic carbocycles. The number of amides is 2. The van der Waals surface area contributed by atoms with E-state index < -0.39 is 36.2 Å². The zero-order valence-electron chi connectivity index (χ0n) is 19.7. The minimum absolute atomic E-state index is 0.180. The molecule has 0 bridgehead atoms. The highest BCUT2D eigenvalue weighted by atomic mass is 16.6. The molecule has 0 fully saturated rings. The van der Waals surface area contributed by atoms with E-state index in [1.165, 1.54) is 19.2 Å². The van der Waals surface area contributed by atoms with Crippen molar-refractivity contribution in [2.75, 3.05) is 26.1 Å². The molecule has 2 aromatic rings. The van der Waals surface area contributed by atoms with Crippen LogP contribution in [0.2, 0.25) is 0 Å². The van der Waals surface area contributed by atoms with Gasteiger partial charge in [0.1, 0.15) is 17.1 Å². The lowest BCUT2D eigenvalue weighted by Gasteiger charge is -2.19. The summed E-state index contributed by atoms with van der Waals surface area (Å²) < 4.78 is 20.9. The van der Waals surface area contributed by atoms with Gasteiger partial charge in [-0.25, -0.2) is 9.59 Å². The number of anilines is 1. The van der Waals surface area contributed by atoms with Crippen LogP contribution in [0, 0.1) is 0 Å². The first-order valence-electron chi connectivity index (χ1n) is 10.3. The van der Waals surface area contributed by atoms with Crippen LogP contribution in [0.3, 0.4) is 0 Å². The van der Waals surface area contributed by atoms with Gasteiger partial charge in [0.15, 0.2) is 6.61 Å². The Hall–Kier alpha value is -3.75. The van der Waals surface area contributed by atoms with Crippen molar-refractivity contribution in [2.24, 2.45) is 0 Å². The van der Waals surface area contributed by atoms with Crippen molar-refractivity contribution in [1.82, 2.24) is 5.32 Å². The third-order valence-electron chi connectivity index (χ3n) is 4.36. The molecule has 2 amide bonds. The van der Waals surface area contributed by atoms with E-state index in [-0.39, 0.29) is 5.56 Å². The lowest BCUT2D eigenvalue weighted by atomic mass is 10.1. The van der Waals surface area contributed by atoms with Crippen LogP contribution >= 0.6 is 0 Å². The summed E-state index contributed by atoms with van der Waals surface area (Å²) in [5.74, 6) is 0.0291. The van der Waals surface area contributed by atoms with Crippen LogP contribution in [0.5, 0.6) is 11.5 Å². The molecule has 0 saturated heterocycles. The van der Waals surface area contributed by atoms with Gasteiger partial charge in [0.05, 0.1) is 25.8 Å². The summed E-state index contributed by atoms with van der Waals surface area (Å²) in [5, 5.41) is 5.32. The molecule has 1 unspecified atom stereocenters. The largest absolute Gasteiger partial charge is 0.497 e. The van der Waals surface area contributed by atoms with Gasteiger partial charge >= 0.3 is 12.1 Å². The third-order valence-corrected chi connectivity index (χ3v) is 4.36. The highest BCUT2D eigenvalue weighted by molar-refractivity contribution is 5.93. The summed E-state index contributed by atoms with van der Waals surface area (Å²) in [6.45, 7) is 6.55. The Kier molecular flexibility index (Phi) is 8.67. The topological polar surface area (TPSA) is 112 Å². The van der Waals surface area contributed by atoms with Crippen molar-refractivity contribution in [2.45, 2.75) is 39.3 Å². The molecular formula is C24H30N2O7. The summed E-state index contributed by atoms with van der Waals surface area (Å²) in [5.41, 5.74) is 0.609. The highest BCUT2D eigenvalue weighted by Crippen LogP contribution is 2.29. The van der Waals surface area contributed by atoms with E-state index in [2.05, 4.69) is 10.6 Å². The number of hydrogen-bond donors (Lipinski definition) is 2. The summed E-state index contributed by atoms with van der Waals surface area (Å²) >= 11 is 0. The quantitative estimate of drug-likeness (QED) is 0.573. The molecule has 0 aliphatic carbocycles.